The van der Waals surface area contributed by atoms with E-state index in [1.54, 1.807) is 24.0 Å². The second-order valence-electron chi connectivity index (χ2n) is 6.17. The fraction of sp³-hybridized carbons (Fsp3) is 0.500. The number of hydrogen-bond donors (Lipinski definition) is 4. The number of benzene rings is 1. The number of guanidine groups is 1. The maximum Gasteiger partial charge on any atom is 0.409 e. The Bertz CT molecular complexity index is 660. The van der Waals surface area contributed by atoms with E-state index in [9.17, 15) is 14.7 Å². The van der Waals surface area contributed by atoms with Gasteiger partial charge in [0.2, 0.25) is 0 Å². The van der Waals surface area contributed by atoms with Crippen molar-refractivity contribution in [2.75, 3.05) is 32.8 Å². The van der Waals surface area contributed by atoms with Gasteiger partial charge in [-0.3, -0.25) is 9.79 Å². The topological polar surface area (TPSA) is 129 Å². The number of nitrogens with zero attached hydrogens (tertiary/aromatic N) is 2. The number of phenolic OH excluding ortho intramolecular Hbond substituents is 1. The Morgan fingerprint density at radius 3 is 2.54 bits per heavy atom. The zero-order valence-electron chi connectivity index (χ0n) is 15.9. The third kappa shape index (κ3) is 7.79. The number of aliphatic imine (C=N–C) groups is 1. The van der Waals surface area contributed by atoms with Crippen molar-refractivity contribution in [3.05, 3.63) is 29.8 Å². The normalized spacial score (nSPS) is 14.8. The number of nitrogens with two attached hydrogens (primary N) is 1. The molecule has 1 aromatic carbocycles. The number of carbonyl (C=O) groups is 2. The molecule has 10 heteroatoms. The van der Waals surface area contributed by atoms with Gasteiger partial charge in [0.15, 0.2) is 5.96 Å². The van der Waals surface area contributed by atoms with Gasteiger partial charge in [0, 0.05) is 31.2 Å². The van der Waals surface area contributed by atoms with Crippen LogP contribution in [-0.4, -0.2) is 66.8 Å². The lowest BCUT2D eigenvalue weighted by Crippen LogP contribution is -2.48. The Morgan fingerprint density at radius 2 is 1.93 bits per heavy atom. The summed E-state index contributed by atoms with van der Waals surface area (Å²) in [6.07, 6.45) is 1.26. The summed E-state index contributed by atoms with van der Waals surface area (Å²) in [5.74, 6) is 0.203. The van der Waals surface area contributed by atoms with Crippen LogP contribution in [0.4, 0.5) is 4.79 Å². The van der Waals surface area contributed by atoms with E-state index in [0.29, 0.717) is 44.3 Å². The molecule has 1 saturated heterocycles. The van der Waals surface area contributed by atoms with Crippen LogP contribution < -0.4 is 16.4 Å². The first-order valence-corrected chi connectivity index (χ1v) is 9.05. The first-order valence-electron chi connectivity index (χ1n) is 9.05. The highest BCUT2D eigenvalue weighted by Crippen LogP contribution is 2.11. The Hall–Kier alpha value is -2.24. The van der Waals surface area contributed by atoms with Crippen LogP contribution >= 0.6 is 24.0 Å². The molecule has 5 N–H and O–H groups in total. The molecule has 0 saturated carbocycles. The lowest BCUT2D eigenvalue weighted by atomic mass is 10.1. The Kier molecular flexibility index (Phi) is 10.4. The van der Waals surface area contributed by atoms with E-state index < -0.39 is 0 Å². The number of amides is 2. The molecule has 2 rings (SSSR count). The summed E-state index contributed by atoms with van der Waals surface area (Å²) < 4.78 is 4.99. The fourth-order valence-corrected chi connectivity index (χ4v) is 2.74. The van der Waals surface area contributed by atoms with Gasteiger partial charge in [-0.15, -0.1) is 24.0 Å². The van der Waals surface area contributed by atoms with Crippen LogP contribution in [0.2, 0.25) is 0 Å². The molecule has 0 atom stereocenters. The molecule has 0 aromatic heterocycles. The smallest absolute Gasteiger partial charge is 0.409 e. The zero-order valence-corrected chi connectivity index (χ0v) is 18.2. The van der Waals surface area contributed by atoms with Gasteiger partial charge in [0.25, 0.3) is 5.91 Å². The molecule has 0 spiro atoms. The number of halogens is 1. The van der Waals surface area contributed by atoms with E-state index >= 15 is 0 Å². The van der Waals surface area contributed by atoms with Crippen LogP contribution in [-0.2, 0) is 4.74 Å². The molecule has 1 aromatic rings. The summed E-state index contributed by atoms with van der Waals surface area (Å²) in [4.78, 5) is 29.5. The lowest BCUT2D eigenvalue weighted by Gasteiger charge is -2.31. The molecule has 0 aliphatic carbocycles. The van der Waals surface area contributed by atoms with E-state index in [2.05, 4.69) is 15.6 Å². The van der Waals surface area contributed by atoms with Gasteiger partial charge >= 0.3 is 6.09 Å². The highest BCUT2D eigenvalue weighted by molar-refractivity contribution is 14.0. The lowest BCUT2D eigenvalue weighted by molar-refractivity contribution is 0.0949. The molecular formula is C18H28IN5O4. The zero-order chi connectivity index (χ0) is 19.6. The molecule has 0 radical (unpaired) electrons. The molecule has 0 unspecified atom stereocenters. The quantitative estimate of drug-likeness (QED) is 0.200. The first-order chi connectivity index (χ1) is 13.0. The molecule has 1 fully saturated rings. The molecule has 1 aliphatic rings. The van der Waals surface area contributed by atoms with Gasteiger partial charge in [-0.05, 0) is 44.0 Å². The molecule has 9 nitrogen and oxygen atoms in total. The molecule has 0 bridgehead atoms. The van der Waals surface area contributed by atoms with E-state index in [1.165, 1.54) is 12.1 Å². The number of rotatable bonds is 6. The van der Waals surface area contributed by atoms with Gasteiger partial charge < -0.3 is 31.1 Å². The third-order valence-corrected chi connectivity index (χ3v) is 4.18. The highest BCUT2D eigenvalue weighted by Gasteiger charge is 2.23. The van der Waals surface area contributed by atoms with Crippen molar-refractivity contribution >= 4 is 41.9 Å². The van der Waals surface area contributed by atoms with Crippen LogP contribution in [0.1, 0.15) is 30.1 Å². The number of phenols is 1. The van der Waals surface area contributed by atoms with Crippen LogP contribution in [0.25, 0.3) is 0 Å². The van der Waals surface area contributed by atoms with Crippen molar-refractivity contribution in [2.24, 2.45) is 10.7 Å². The molecule has 1 aliphatic heterocycles. The molecule has 28 heavy (non-hydrogen) atoms. The molecule has 2 amide bonds. The number of ether oxygens (including phenoxy) is 1. The minimum absolute atomic E-state index is 0. The number of likely N-dealkylation sites (tertiary alicyclic amines) is 1. The summed E-state index contributed by atoms with van der Waals surface area (Å²) in [6, 6.07) is 6.18. The summed E-state index contributed by atoms with van der Waals surface area (Å²) in [5, 5.41) is 15.1. The van der Waals surface area contributed by atoms with Gasteiger partial charge in [0.05, 0.1) is 13.2 Å². The van der Waals surface area contributed by atoms with E-state index in [4.69, 9.17) is 10.5 Å². The number of piperidine rings is 1. The van der Waals surface area contributed by atoms with Gasteiger partial charge in [-0.25, -0.2) is 4.79 Å². The molecular weight excluding hydrogens is 477 g/mol. The fourth-order valence-electron chi connectivity index (χ4n) is 2.74. The maximum absolute atomic E-state index is 11.9. The van der Waals surface area contributed by atoms with Crippen molar-refractivity contribution < 1.29 is 19.4 Å². The van der Waals surface area contributed by atoms with Crippen molar-refractivity contribution in [1.82, 2.24) is 15.5 Å². The second kappa shape index (κ2) is 12.3. The predicted molar refractivity (Wildman–Crippen MR) is 117 cm³/mol. The Morgan fingerprint density at radius 1 is 1.29 bits per heavy atom. The van der Waals surface area contributed by atoms with Gasteiger partial charge in [0.1, 0.15) is 5.75 Å². The maximum atomic E-state index is 11.9. The van der Waals surface area contributed by atoms with Crippen molar-refractivity contribution in [3.63, 3.8) is 0 Å². The number of hydrogen-bond acceptors (Lipinski definition) is 5. The van der Waals surface area contributed by atoms with Crippen LogP contribution in [0.15, 0.2) is 29.3 Å². The average molecular weight is 505 g/mol. The van der Waals surface area contributed by atoms with Crippen LogP contribution in [0.5, 0.6) is 5.75 Å². The Balaban J connectivity index is 0.00000392. The highest BCUT2D eigenvalue weighted by atomic mass is 127. The van der Waals surface area contributed by atoms with Crippen LogP contribution in [0, 0.1) is 0 Å². The van der Waals surface area contributed by atoms with E-state index in [1.807, 2.05) is 0 Å². The predicted octanol–water partition coefficient (Wildman–Crippen LogP) is 1.27. The average Bonchev–Trinajstić information content (AvgIpc) is 2.66. The van der Waals surface area contributed by atoms with Crippen LogP contribution in [0.3, 0.4) is 0 Å². The standard InChI is InChI=1S/C18H27N5O4.HI/c1-2-27-18(26)23-11-7-14(8-12-23)22-17(19)21-10-9-20-16(25)13-3-5-15(24)6-4-13;/h3-6,14,24H,2,7-12H2,1H3,(H,20,25)(H3,19,21,22);1H. The minimum atomic E-state index is -0.276. The van der Waals surface area contributed by atoms with Gasteiger partial charge in [-0.2, -0.15) is 0 Å². The molecule has 156 valence electrons. The van der Waals surface area contributed by atoms with E-state index in [0.717, 1.165) is 12.8 Å². The van der Waals surface area contributed by atoms with Crippen molar-refractivity contribution in [2.45, 2.75) is 25.8 Å². The summed E-state index contributed by atoms with van der Waals surface area (Å²) in [6.45, 7) is 4.10. The minimum Gasteiger partial charge on any atom is -0.508 e. The van der Waals surface area contributed by atoms with Crippen molar-refractivity contribution in [3.8, 4) is 5.75 Å². The number of nitrogens with one attached hydrogen (secondary N) is 2. The number of carbonyl (C=O) groups excluding carboxylic acids is 2. The largest absolute Gasteiger partial charge is 0.508 e. The summed E-state index contributed by atoms with van der Waals surface area (Å²) in [5.41, 5.74) is 6.35. The van der Waals surface area contributed by atoms with Gasteiger partial charge in [-0.1, -0.05) is 0 Å². The molecule has 1 heterocycles. The first kappa shape index (κ1) is 23.8. The second-order valence-corrected chi connectivity index (χ2v) is 6.17. The third-order valence-electron chi connectivity index (χ3n) is 4.18. The van der Waals surface area contributed by atoms with Crippen molar-refractivity contribution in [1.29, 1.82) is 0 Å². The number of aromatic hydroxyl groups is 1. The summed E-state index contributed by atoms with van der Waals surface area (Å²) in [7, 11) is 0. The summed E-state index contributed by atoms with van der Waals surface area (Å²) >= 11 is 0. The van der Waals surface area contributed by atoms with E-state index in [-0.39, 0.29) is 47.8 Å². The SMILES string of the molecule is CCOC(=O)N1CCC(NC(N)=NCCNC(=O)c2ccc(O)cc2)CC1.I. The monoisotopic (exact) mass is 505 g/mol. The Labute approximate surface area is 181 Å².